The molecule has 4 heteroatoms. The maximum Gasteiger partial charge on any atom is 0.126 e. The molecular weight excluding hydrogens is 255 g/mol. The second kappa shape index (κ2) is 6.55. The normalized spacial score (nSPS) is 20.4. The SMILES string of the molecule is CCNC(C)c1cc(F)c(C)cc1N1CCCC1CO. The van der Waals surface area contributed by atoms with Gasteiger partial charge in [0.2, 0.25) is 0 Å². The van der Waals surface area contributed by atoms with Gasteiger partial charge in [-0.1, -0.05) is 6.92 Å². The average molecular weight is 280 g/mol. The number of hydrogen-bond donors (Lipinski definition) is 2. The molecular formula is C16H25FN2O. The summed E-state index contributed by atoms with van der Waals surface area (Å²) >= 11 is 0. The lowest BCUT2D eigenvalue weighted by atomic mass is 10.0. The third-order valence-corrected chi connectivity index (χ3v) is 4.18. The summed E-state index contributed by atoms with van der Waals surface area (Å²) in [6, 6.07) is 3.83. The van der Waals surface area contributed by atoms with E-state index in [-0.39, 0.29) is 24.5 Å². The molecule has 1 aliphatic rings. The molecule has 0 bridgehead atoms. The Morgan fingerprint density at radius 1 is 1.50 bits per heavy atom. The molecule has 2 atom stereocenters. The van der Waals surface area contributed by atoms with Gasteiger partial charge in [-0.05, 0) is 56.5 Å². The molecule has 0 aromatic heterocycles. The molecule has 1 fully saturated rings. The van der Waals surface area contributed by atoms with Crippen molar-refractivity contribution in [3.63, 3.8) is 0 Å². The first-order valence-corrected chi connectivity index (χ1v) is 7.49. The largest absolute Gasteiger partial charge is 0.394 e. The monoisotopic (exact) mass is 280 g/mol. The van der Waals surface area contributed by atoms with Gasteiger partial charge >= 0.3 is 0 Å². The third kappa shape index (κ3) is 2.96. The predicted molar refractivity (Wildman–Crippen MR) is 80.7 cm³/mol. The van der Waals surface area contributed by atoms with Gasteiger partial charge in [-0.2, -0.15) is 0 Å². The lowest BCUT2D eigenvalue weighted by Crippen LogP contribution is -2.34. The second-order valence-corrected chi connectivity index (χ2v) is 5.61. The van der Waals surface area contributed by atoms with Crippen molar-refractivity contribution in [2.24, 2.45) is 0 Å². The van der Waals surface area contributed by atoms with Crippen molar-refractivity contribution in [1.82, 2.24) is 5.32 Å². The van der Waals surface area contributed by atoms with Crippen LogP contribution in [0.4, 0.5) is 10.1 Å². The van der Waals surface area contributed by atoms with E-state index in [2.05, 4.69) is 17.1 Å². The van der Waals surface area contributed by atoms with Crippen molar-refractivity contribution < 1.29 is 9.50 Å². The number of aliphatic hydroxyl groups excluding tert-OH is 1. The van der Waals surface area contributed by atoms with E-state index in [1.54, 1.807) is 13.0 Å². The van der Waals surface area contributed by atoms with Crippen molar-refractivity contribution in [2.45, 2.75) is 45.7 Å². The highest BCUT2D eigenvalue weighted by molar-refractivity contribution is 5.58. The Morgan fingerprint density at radius 3 is 2.90 bits per heavy atom. The molecule has 1 saturated heterocycles. The average Bonchev–Trinajstić information content (AvgIpc) is 2.89. The highest BCUT2D eigenvalue weighted by Crippen LogP contribution is 2.33. The number of hydrogen-bond acceptors (Lipinski definition) is 3. The summed E-state index contributed by atoms with van der Waals surface area (Å²) in [5.74, 6) is -0.159. The fraction of sp³-hybridized carbons (Fsp3) is 0.625. The Labute approximate surface area is 120 Å². The highest BCUT2D eigenvalue weighted by atomic mass is 19.1. The van der Waals surface area contributed by atoms with Crippen LogP contribution in [0.1, 0.15) is 43.9 Å². The van der Waals surface area contributed by atoms with Gasteiger partial charge in [-0.15, -0.1) is 0 Å². The minimum atomic E-state index is -0.159. The minimum absolute atomic E-state index is 0.102. The van der Waals surface area contributed by atoms with E-state index in [1.165, 1.54) is 0 Å². The van der Waals surface area contributed by atoms with Crippen molar-refractivity contribution in [3.05, 3.63) is 29.1 Å². The first kappa shape index (κ1) is 15.3. The molecule has 0 spiro atoms. The Kier molecular flexibility index (Phi) is 5.00. The maximum absolute atomic E-state index is 13.9. The summed E-state index contributed by atoms with van der Waals surface area (Å²) in [5.41, 5.74) is 2.71. The Morgan fingerprint density at radius 2 is 2.25 bits per heavy atom. The quantitative estimate of drug-likeness (QED) is 0.870. The fourth-order valence-corrected chi connectivity index (χ4v) is 3.04. The predicted octanol–water partition coefficient (Wildman–Crippen LogP) is 2.77. The van der Waals surface area contributed by atoms with Crippen LogP contribution >= 0.6 is 0 Å². The smallest absolute Gasteiger partial charge is 0.126 e. The molecule has 1 heterocycles. The summed E-state index contributed by atoms with van der Waals surface area (Å²) < 4.78 is 13.9. The van der Waals surface area contributed by atoms with Crippen molar-refractivity contribution >= 4 is 5.69 Å². The molecule has 20 heavy (non-hydrogen) atoms. The van der Waals surface area contributed by atoms with Crippen LogP contribution in [0.2, 0.25) is 0 Å². The molecule has 112 valence electrons. The van der Waals surface area contributed by atoms with Crippen LogP contribution < -0.4 is 10.2 Å². The van der Waals surface area contributed by atoms with E-state index in [0.29, 0.717) is 5.56 Å². The standard InChI is InChI=1S/C16H25FN2O/c1-4-18-12(3)14-9-15(17)11(2)8-16(14)19-7-5-6-13(19)10-20/h8-9,12-13,18,20H,4-7,10H2,1-3H3. The van der Waals surface area contributed by atoms with Gasteiger partial charge < -0.3 is 15.3 Å². The summed E-state index contributed by atoms with van der Waals surface area (Å²) in [6.07, 6.45) is 2.08. The first-order chi connectivity index (χ1) is 9.58. The van der Waals surface area contributed by atoms with Gasteiger partial charge in [-0.3, -0.25) is 0 Å². The molecule has 2 rings (SSSR count). The number of anilines is 1. The lowest BCUT2D eigenvalue weighted by molar-refractivity contribution is 0.266. The summed E-state index contributed by atoms with van der Waals surface area (Å²) in [5, 5.41) is 12.9. The zero-order valence-electron chi connectivity index (χ0n) is 12.6. The van der Waals surface area contributed by atoms with Crippen LogP contribution in [0.3, 0.4) is 0 Å². The van der Waals surface area contributed by atoms with Crippen LogP contribution in [0.15, 0.2) is 12.1 Å². The molecule has 0 aliphatic carbocycles. The van der Waals surface area contributed by atoms with E-state index in [1.807, 2.05) is 13.0 Å². The molecule has 0 saturated carbocycles. The van der Waals surface area contributed by atoms with Crippen molar-refractivity contribution in [1.29, 1.82) is 0 Å². The second-order valence-electron chi connectivity index (χ2n) is 5.61. The van der Waals surface area contributed by atoms with Gasteiger partial charge in [-0.25, -0.2) is 4.39 Å². The van der Waals surface area contributed by atoms with Crippen LogP contribution in [0.25, 0.3) is 0 Å². The molecule has 1 aliphatic heterocycles. The fourth-order valence-electron chi connectivity index (χ4n) is 3.04. The van der Waals surface area contributed by atoms with E-state index in [4.69, 9.17) is 0 Å². The number of rotatable bonds is 5. The zero-order chi connectivity index (χ0) is 14.7. The Balaban J connectivity index is 2.41. The van der Waals surface area contributed by atoms with E-state index >= 15 is 0 Å². The molecule has 2 unspecified atom stereocenters. The van der Waals surface area contributed by atoms with E-state index in [0.717, 1.165) is 37.2 Å². The molecule has 2 N–H and O–H groups in total. The maximum atomic E-state index is 13.9. The van der Waals surface area contributed by atoms with Crippen molar-refractivity contribution in [3.8, 4) is 0 Å². The highest BCUT2D eigenvalue weighted by Gasteiger charge is 2.27. The molecule has 1 aromatic rings. The summed E-state index contributed by atoms with van der Waals surface area (Å²) in [4.78, 5) is 2.23. The van der Waals surface area contributed by atoms with Gasteiger partial charge in [0.05, 0.1) is 12.6 Å². The number of aryl methyl sites for hydroxylation is 1. The number of benzene rings is 1. The number of nitrogens with zero attached hydrogens (tertiary/aromatic N) is 1. The van der Waals surface area contributed by atoms with Gasteiger partial charge in [0.1, 0.15) is 5.82 Å². The van der Waals surface area contributed by atoms with Crippen LogP contribution in [-0.4, -0.2) is 30.8 Å². The van der Waals surface area contributed by atoms with Crippen LogP contribution in [-0.2, 0) is 0 Å². The van der Waals surface area contributed by atoms with Crippen LogP contribution in [0, 0.1) is 12.7 Å². The lowest BCUT2D eigenvalue weighted by Gasteiger charge is -2.30. The molecule has 0 radical (unpaired) electrons. The van der Waals surface area contributed by atoms with E-state index in [9.17, 15) is 9.50 Å². The van der Waals surface area contributed by atoms with E-state index < -0.39 is 0 Å². The minimum Gasteiger partial charge on any atom is -0.394 e. The number of aliphatic hydroxyl groups is 1. The van der Waals surface area contributed by atoms with Gasteiger partial charge in [0.25, 0.3) is 0 Å². The molecule has 3 nitrogen and oxygen atoms in total. The third-order valence-electron chi connectivity index (χ3n) is 4.18. The first-order valence-electron chi connectivity index (χ1n) is 7.49. The number of halogens is 1. The summed E-state index contributed by atoms with van der Waals surface area (Å²) in [7, 11) is 0. The van der Waals surface area contributed by atoms with Gasteiger partial charge in [0.15, 0.2) is 0 Å². The zero-order valence-corrected chi connectivity index (χ0v) is 12.6. The summed E-state index contributed by atoms with van der Waals surface area (Å²) in [6.45, 7) is 7.84. The van der Waals surface area contributed by atoms with Gasteiger partial charge in [0, 0.05) is 18.3 Å². The molecule has 1 aromatic carbocycles. The topological polar surface area (TPSA) is 35.5 Å². The molecule has 0 amide bonds. The van der Waals surface area contributed by atoms with Crippen molar-refractivity contribution in [2.75, 3.05) is 24.6 Å². The van der Waals surface area contributed by atoms with Crippen LogP contribution in [0.5, 0.6) is 0 Å². The number of nitrogens with one attached hydrogen (secondary N) is 1. The Bertz CT molecular complexity index is 464. The Hall–Kier alpha value is -1.13.